The summed E-state index contributed by atoms with van der Waals surface area (Å²) in [4.78, 5) is 11.9. The van der Waals surface area contributed by atoms with Crippen molar-refractivity contribution in [2.75, 3.05) is 18.1 Å². The van der Waals surface area contributed by atoms with E-state index in [2.05, 4.69) is 13.8 Å². The van der Waals surface area contributed by atoms with Crippen LogP contribution in [0.3, 0.4) is 0 Å². The van der Waals surface area contributed by atoms with Crippen LogP contribution in [0.2, 0.25) is 0 Å². The van der Waals surface area contributed by atoms with Gasteiger partial charge in [-0.25, -0.2) is 0 Å². The van der Waals surface area contributed by atoms with E-state index >= 15 is 0 Å². The van der Waals surface area contributed by atoms with Gasteiger partial charge in [-0.05, 0) is 18.6 Å². The van der Waals surface area contributed by atoms with Crippen molar-refractivity contribution in [2.45, 2.75) is 200 Å². The normalized spacial score (nSPS) is 11.3. The Morgan fingerprint density at radius 3 is 1.11 bits per heavy atom. The summed E-state index contributed by atoms with van der Waals surface area (Å²) < 4.78 is 5.43. The fourth-order valence-corrected chi connectivity index (χ4v) is 6.13. The van der Waals surface area contributed by atoms with Crippen molar-refractivity contribution >= 4 is 17.7 Å². The number of unbranched alkanes of at least 4 members (excludes halogenated alkanes) is 26. The number of hydrogen-bond acceptors (Lipinski definition) is 3. The highest BCUT2D eigenvalue weighted by atomic mass is 32.2. The molecule has 0 atom stereocenters. The van der Waals surface area contributed by atoms with Crippen LogP contribution in [-0.2, 0) is 9.53 Å². The van der Waals surface area contributed by atoms with Crippen molar-refractivity contribution in [3.8, 4) is 0 Å². The maximum Gasteiger partial charge on any atom is 0.306 e. The van der Waals surface area contributed by atoms with Crippen LogP contribution < -0.4 is 0 Å². The van der Waals surface area contributed by atoms with E-state index in [1.807, 2.05) is 11.8 Å². The van der Waals surface area contributed by atoms with Gasteiger partial charge in [-0.1, -0.05) is 181 Å². The second-order valence-electron chi connectivity index (χ2n) is 11.8. The van der Waals surface area contributed by atoms with Gasteiger partial charge in [0.05, 0.1) is 13.0 Å². The molecule has 0 saturated carbocycles. The van der Waals surface area contributed by atoms with Crippen LogP contribution in [0.5, 0.6) is 0 Å². The molecule has 0 aromatic rings. The van der Waals surface area contributed by atoms with Gasteiger partial charge in [-0.15, -0.1) is 0 Å². The van der Waals surface area contributed by atoms with Crippen LogP contribution in [0.4, 0.5) is 0 Å². The Kier molecular flexibility index (Phi) is 34.7. The predicted octanol–water partition coefficient (Wildman–Crippen LogP) is 12.6. The smallest absolute Gasteiger partial charge is 0.306 e. The van der Waals surface area contributed by atoms with E-state index in [1.54, 1.807) is 0 Å². The quantitative estimate of drug-likeness (QED) is 0.0596. The van der Waals surface area contributed by atoms with Crippen molar-refractivity contribution in [3.63, 3.8) is 0 Å². The summed E-state index contributed by atoms with van der Waals surface area (Å²) in [5.74, 6) is 2.13. The summed E-state index contributed by atoms with van der Waals surface area (Å²) in [5.41, 5.74) is 0. The Bertz CT molecular complexity index is 440. The van der Waals surface area contributed by atoms with Crippen LogP contribution in [0, 0.1) is 0 Å². The summed E-state index contributed by atoms with van der Waals surface area (Å²) in [6, 6.07) is 0. The molecule has 3 heteroatoms. The third-order valence-corrected chi connectivity index (χ3v) is 8.92. The first-order valence-corrected chi connectivity index (χ1v) is 18.7. The third-order valence-electron chi connectivity index (χ3n) is 7.85. The molecular weight excluding hydrogens is 484 g/mol. The van der Waals surface area contributed by atoms with Crippen LogP contribution in [0.15, 0.2) is 0 Å². The van der Waals surface area contributed by atoms with E-state index < -0.39 is 0 Å². The van der Waals surface area contributed by atoms with E-state index in [-0.39, 0.29) is 5.97 Å². The fraction of sp³-hybridized carbons (Fsp3) is 0.971. The zero-order valence-electron chi connectivity index (χ0n) is 26.4. The van der Waals surface area contributed by atoms with Crippen molar-refractivity contribution in [1.29, 1.82) is 0 Å². The molecule has 0 unspecified atom stereocenters. The highest BCUT2D eigenvalue weighted by Crippen LogP contribution is 2.15. The third kappa shape index (κ3) is 33.8. The van der Waals surface area contributed by atoms with Crippen LogP contribution in [-0.4, -0.2) is 24.1 Å². The molecule has 0 aromatic heterocycles. The van der Waals surface area contributed by atoms with Gasteiger partial charge in [0.25, 0.3) is 0 Å². The number of carbonyl (C=O) groups is 1. The van der Waals surface area contributed by atoms with Gasteiger partial charge in [0.1, 0.15) is 0 Å². The lowest BCUT2D eigenvalue weighted by Crippen LogP contribution is -2.07. The molecular formula is C35H70O2S. The van der Waals surface area contributed by atoms with E-state index in [4.69, 9.17) is 4.74 Å². The second kappa shape index (κ2) is 34.8. The van der Waals surface area contributed by atoms with E-state index in [9.17, 15) is 4.79 Å². The van der Waals surface area contributed by atoms with Crippen molar-refractivity contribution in [2.24, 2.45) is 0 Å². The molecule has 228 valence electrons. The Labute approximate surface area is 245 Å². The molecule has 0 aliphatic carbocycles. The summed E-state index contributed by atoms with van der Waals surface area (Å²) in [5, 5.41) is 0. The highest BCUT2D eigenvalue weighted by Gasteiger charge is 2.03. The lowest BCUT2D eigenvalue weighted by molar-refractivity contribution is -0.143. The molecule has 0 saturated heterocycles. The zero-order valence-corrected chi connectivity index (χ0v) is 27.2. The van der Waals surface area contributed by atoms with Gasteiger partial charge in [0.15, 0.2) is 0 Å². The predicted molar refractivity (Wildman–Crippen MR) is 174 cm³/mol. The number of rotatable bonds is 33. The molecule has 0 aliphatic rings. The maximum absolute atomic E-state index is 11.9. The standard InChI is InChI=1S/C35H70O2S/c1-3-5-7-9-11-13-15-17-18-19-20-21-23-25-27-29-32-37-35(36)31-34-38-33-30-28-26-24-22-16-14-12-10-8-6-4-2/h3-34H2,1-2H3. The molecule has 0 aromatic carbocycles. The van der Waals surface area contributed by atoms with Gasteiger partial charge in [-0.3, -0.25) is 4.79 Å². The van der Waals surface area contributed by atoms with Crippen LogP contribution in [0.1, 0.15) is 200 Å². The van der Waals surface area contributed by atoms with Crippen molar-refractivity contribution in [1.82, 2.24) is 0 Å². The minimum absolute atomic E-state index is 0.00755. The first-order valence-electron chi connectivity index (χ1n) is 17.5. The minimum Gasteiger partial charge on any atom is -0.466 e. The zero-order chi connectivity index (χ0) is 27.6. The molecule has 0 N–H and O–H groups in total. The van der Waals surface area contributed by atoms with Crippen LogP contribution in [0.25, 0.3) is 0 Å². The van der Waals surface area contributed by atoms with Crippen LogP contribution >= 0.6 is 11.8 Å². The fourth-order valence-electron chi connectivity index (χ4n) is 5.21. The van der Waals surface area contributed by atoms with E-state index in [1.165, 1.54) is 179 Å². The first-order chi connectivity index (χ1) is 18.8. The minimum atomic E-state index is 0.00755. The molecule has 0 spiro atoms. The van der Waals surface area contributed by atoms with E-state index in [0.717, 1.165) is 12.2 Å². The molecule has 0 aliphatic heterocycles. The van der Waals surface area contributed by atoms with Gasteiger partial charge in [0, 0.05) is 5.75 Å². The Hall–Kier alpha value is -0.180. The summed E-state index contributed by atoms with van der Waals surface area (Å²) in [6.45, 7) is 5.20. The van der Waals surface area contributed by atoms with E-state index in [0.29, 0.717) is 13.0 Å². The number of hydrogen-bond donors (Lipinski definition) is 0. The number of ether oxygens (including phenoxy) is 1. The number of carbonyl (C=O) groups excluding carboxylic acids is 1. The Morgan fingerprint density at radius 2 is 0.737 bits per heavy atom. The molecule has 38 heavy (non-hydrogen) atoms. The SMILES string of the molecule is CCCCCCCCCCCCCCCCCCOC(=O)CCSCCCCCCCCCCCCCC. The number of esters is 1. The van der Waals surface area contributed by atoms with Gasteiger partial charge >= 0.3 is 5.97 Å². The molecule has 0 heterocycles. The van der Waals surface area contributed by atoms with Crippen molar-refractivity contribution in [3.05, 3.63) is 0 Å². The van der Waals surface area contributed by atoms with Crippen molar-refractivity contribution < 1.29 is 9.53 Å². The molecule has 0 amide bonds. The highest BCUT2D eigenvalue weighted by molar-refractivity contribution is 7.99. The molecule has 2 nitrogen and oxygen atoms in total. The lowest BCUT2D eigenvalue weighted by atomic mass is 10.0. The second-order valence-corrected chi connectivity index (χ2v) is 13.0. The summed E-state index contributed by atoms with van der Waals surface area (Å²) >= 11 is 1.93. The Morgan fingerprint density at radius 1 is 0.421 bits per heavy atom. The maximum atomic E-state index is 11.9. The topological polar surface area (TPSA) is 26.3 Å². The average Bonchev–Trinajstić information content (AvgIpc) is 2.92. The van der Waals surface area contributed by atoms with Gasteiger partial charge in [-0.2, -0.15) is 11.8 Å². The molecule has 0 bridgehead atoms. The largest absolute Gasteiger partial charge is 0.466 e. The first kappa shape index (κ1) is 37.8. The lowest BCUT2D eigenvalue weighted by Gasteiger charge is -2.06. The molecule has 0 fully saturated rings. The monoisotopic (exact) mass is 555 g/mol. The summed E-state index contributed by atoms with van der Waals surface area (Å²) in [6.07, 6.45) is 39.4. The molecule has 0 radical (unpaired) electrons. The Balaban J connectivity index is 3.14. The van der Waals surface area contributed by atoms with Gasteiger partial charge < -0.3 is 4.74 Å². The number of thioether (sulfide) groups is 1. The summed E-state index contributed by atoms with van der Waals surface area (Å²) in [7, 11) is 0. The average molecular weight is 555 g/mol. The van der Waals surface area contributed by atoms with Gasteiger partial charge in [0.2, 0.25) is 0 Å². The molecule has 0 rings (SSSR count).